The van der Waals surface area contributed by atoms with Crippen LogP contribution in [0.2, 0.25) is 0 Å². The lowest BCUT2D eigenvalue weighted by Gasteiger charge is -2.05. The number of carboxylic acid groups (broad SMARTS) is 1. The van der Waals surface area contributed by atoms with Gasteiger partial charge in [-0.2, -0.15) is 0 Å². The average molecular weight is 276 g/mol. The molecule has 0 radical (unpaired) electrons. The fourth-order valence-electron chi connectivity index (χ4n) is 1.56. The molecular weight excluding hydrogens is 264 g/mol. The van der Waals surface area contributed by atoms with Crippen LogP contribution in [0.5, 0.6) is 0 Å². The number of nitrogens with one attached hydrogen (secondary N) is 1. The summed E-state index contributed by atoms with van der Waals surface area (Å²) in [4.78, 5) is 23.0. The predicted molar refractivity (Wildman–Crippen MR) is 73.6 cm³/mol. The van der Waals surface area contributed by atoms with Crippen LogP contribution in [0.25, 0.3) is 0 Å². The maximum Gasteiger partial charge on any atom is 0.345 e. The smallest absolute Gasteiger partial charge is 0.345 e. The van der Waals surface area contributed by atoms with Crippen LogP contribution < -0.4 is 11.1 Å². The Morgan fingerprint density at radius 2 is 2.05 bits per heavy atom. The van der Waals surface area contributed by atoms with Crippen molar-refractivity contribution >= 4 is 28.9 Å². The van der Waals surface area contributed by atoms with E-state index in [0.717, 1.165) is 10.6 Å². The van der Waals surface area contributed by atoms with Crippen molar-refractivity contribution in [3.05, 3.63) is 51.7 Å². The topological polar surface area (TPSA) is 92.4 Å². The van der Waals surface area contributed by atoms with Gasteiger partial charge in [-0.1, -0.05) is 6.07 Å². The highest BCUT2D eigenvalue weighted by atomic mass is 32.1. The third-order valence-corrected chi connectivity index (χ3v) is 3.56. The summed E-state index contributed by atoms with van der Waals surface area (Å²) in [6.07, 6.45) is 0. The maximum atomic E-state index is 11.0. The number of carbonyl (C=O) groups is 2. The Kier molecular flexibility index (Phi) is 3.82. The summed E-state index contributed by atoms with van der Waals surface area (Å²) < 4.78 is 0. The minimum Gasteiger partial charge on any atom is -0.477 e. The first-order chi connectivity index (χ1) is 9.06. The minimum atomic E-state index is -0.924. The van der Waals surface area contributed by atoms with Crippen molar-refractivity contribution in [2.45, 2.75) is 6.54 Å². The molecule has 1 aromatic carbocycles. The zero-order chi connectivity index (χ0) is 13.8. The fraction of sp³-hybridized carbons (Fsp3) is 0.0769. The van der Waals surface area contributed by atoms with Gasteiger partial charge in [0, 0.05) is 22.7 Å². The van der Waals surface area contributed by atoms with E-state index >= 15 is 0 Å². The Hall–Kier alpha value is -2.34. The molecule has 0 aliphatic carbocycles. The molecule has 2 aromatic rings. The Morgan fingerprint density at radius 3 is 2.68 bits per heavy atom. The molecule has 4 N–H and O–H groups in total. The molecule has 1 amide bonds. The molecule has 0 saturated heterocycles. The zero-order valence-corrected chi connectivity index (χ0v) is 10.7. The third-order valence-electron chi connectivity index (χ3n) is 2.49. The second-order valence-corrected chi connectivity index (χ2v) is 5.04. The molecule has 0 spiro atoms. The van der Waals surface area contributed by atoms with Crippen LogP contribution in [-0.2, 0) is 6.54 Å². The predicted octanol–water partition coefficient (Wildman–Crippen LogP) is 2.16. The number of benzene rings is 1. The molecule has 0 atom stereocenters. The molecule has 0 bridgehead atoms. The third kappa shape index (κ3) is 3.32. The van der Waals surface area contributed by atoms with Crippen molar-refractivity contribution in [3.63, 3.8) is 0 Å². The Bertz CT molecular complexity index is 622. The SMILES string of the molecule is NC(=O)c1cccc(NCc2ccc(C(=O)O)s2)c1. The van der Waals surface area contributed by atoms with E-state index in [2.05, 4.69) is 5.32 Å². The van der Waals surface area contributed by atoms with Crippen LogP contribution in [0.4, 0.5) is 5.69 Å². The highest BCUT2D eigenvalue weighted by Crippen LogP contribution is 2.18. The molecule has 6 heteroatoms. The summed E-state index contributed by atoms with van der Waals surface area (Å²) in [7, 11) is 0. The van der Waals surface area contributed by atoms with Gasteiger partial charge in [-0.3, -0.25) is 4.79 Å². The van der Waals surface area contributed by atoms with E-state index in [1.54, 1.807) is 30.3 Å². The normalized spacial score (nSPS) is 10.1. The molecular formula is C13H12N2O3S. The first-order valence-corrected chi connectivity index (χ1v) is 6.33. The molecule has 0 unspecified atom stereocenters. The number of hydrogen-bond donors (Lipinski definition) is 3. The highest BCUT2D eigenvalue weighted by molar-refractivity contribution is 7.13. The van der Waals surface area contributed by atoms with E-state index in [4.69, 9.17) is 10.8 Å². The summed E-state index contributed by atoms with van der Waals surface area (Å²) in [5, 5.41) is 11.9. The van der Waals surface area contributed by atoms with E-state index < -0.39 is 11.9 Å². The second-order valence-electron chi connectivity index (χ2n) is 3.87. The fourth-order valence-corrected chi connectivity index (χ4v) is 2.35. The van der Waals surface area contributed by atoms with E-state index in [1.165, 1.54) is 11.3 Å². The average Bonchev–Trinajstić information content (AvgIpc) is 2.85. The number of amides is 1. The molecule has 0 fully saturated rings. The molecule has 19 heavy (non-hydrogen) atoms. The molecule has 2 rings (SSSR count). The first kappa shape index (κ1) is 13.1. The Morgan fingerprint density at radius 1 is 1.26 bits per heavy atom. The summed E-state index contributed by atoms with van der Waals surface area (Å²) in [6, 6.07) is 10.2. The van der Waals surface area contributed by atoms with Gasteiger partial charge in [-0.25, -0.2) is 4.79 Å². The lowest BCUT2D eigenvalue weighted by molar-refractivity contribution is 0.0702. The van der Waals surface area contributed by atoms with Gasteiger partial charge < -0.3 is 16.2 Å². The standard InChI is InChI=1S/C13H12N2O3S/c14-12(16)8-2-1-3-9(6-8)15-7-10-4-5-11(19-10)13(17)18/h1-6,15H,7H2,(H2,14,16)(H,17,18). The maximum absolute atomic E-state index is 11.0. The summed E-state index contributed by atoms with van der Waals surface area (Å²) in [5.74, 6) is -1.40. The van der Waals surface area contributed by atoms with Crippen molar-refractivity contribution in [2.24, 2.45) is 5.73 Å². The molecule has 0 saturated carbocycles. The second kappa shape index (κ2) is 5.53. The van der Waals surface area contributed by atoms with Crippen molar-refractivity contribution in [1.29, 1.82) is 0 Å². The van der Waals surface area contributed by atoms with Crippen molar-refractivity contribution in [1.82, 2.24) is 0 Å². The zero-order valence-electron chi connectivity index (χ0n) is 9.92. The van der Waals surface area contributed by atoms with Crippen LogP contribution in [0, 0.1) is 0 Å². The summed E-state index contributed by atoms with van der Waals surface area (Å²) >= 11 is 1.22. The Balaban J connectivity index is 2.03. The number of nitrogens with two attached hydrogens (primary N) is 1. The van der Waals surface area contributed by atoms with Crippen LogP contribution in [0.15, 0.2) is 36.4 Å². The van der Waals surface area contributed by atoms with E-state index in [1.807, 2.05) is 6.07 Å². The van der Waals surface area contributed by atoms with Gasteiger partial charge in [0.25, 0.3) is 0 Å². The van der Waals surface area contributed by atoms with Gasteiger partial charge in [0.15, 0.2) is 0 Å². The van der Waals surface area contributed by atoms with Gasteiger partial charge in [0.05, 0.1) is 0 Å². The van der Waals surface area contributed by atoms with Gasteiger partial charge in [0.1, 0.15) is 4.88 Å². The first-order valence-electron chi connectivity index (χ1n) is 5.52. The molecule has 98 valence electrons. The molecule has 1 aromatic heterocycles. The lowest BCUT2D eigenvalue weighted by Crippen LogP contribution is -2.11. The van der Waals surface area contributed by atoms with Crippen molar-refractivity contribution < 1.29 is 14.7 Å². The van der Waals surface area contributed by atoms with E-state index in [-0.39, 0.29) is 0 Å². The number of carbonyl (C=O) groups excluding carboxylic acids is 1. The molecule has 0 aliphatic rings. The number of thiophene rings is 1. The van der Waals surface area contributed by atoms with Gasteiger partial charge in [-0.05, 0) is 30.3 Å². The van der Waals surface area contributed by atoms with E-state index in [0.29, 0.717) is 17.0 Å². The summed E-state index contributed by atoms with van der Waals surface area (Å²) in [5.41, 5.74) is 6.39. The number of aromatic carboxylic acids is 1. The van der Waals surface area contributed by atoms with Gasteiger partial charge in [0.2, 0.25) is 5.91 Å². The number of rotatable bonds is 5. The quantitative estimate of drug-likeness (QED) is 0.780. The van der Waals surface area contributed by atoms with E-state index in [9.17, 15) is 9.59 Å². The monoisotopic (exact) mass is 276 g/mol. The van der Waals surface area contributed by atoms with Crippen LogP contribution in [-0.4, -0.2) is 17.0 Å². The minimum absolute atomic E-state index is 0.308. The van der Waals surface area contributed by atoms with Crippen LogP contribution >= 0.6 is 11.3 Å². The molecule has 1 heterocycles. The number of carboxylic acids is 1. The van der Waals surface area contributed by atoms with Gasteiger partial charge in [-0.15, -0.1) is 11.3 Å². The van der Waals surface area contributed by atoms with Crippen molar-refractivity contribution in [3.8, 4) is 0 Å². The Labute approximate surface area is 113 Å². The van der Waals surface area contributed by atoms with Gasteiger partial charge >= 0.3 is 5.97 Å². The number of anilines is 1. The molecule has 0 aliphatic heterocycles. The largest absolute Gasteiger partial charge is 0.477 e. The lowest BCUT2D eigenvalue weighted by atomic mass is 10.2. The van der Waals surface area contributed by atoms with Crippen LogP contribution in [0.3, 0.4) is 0 Å². The molecule has 5 nitrogen and oxygen atoms in total. The van der Waals surface area contributed by atoms with Crippen molar-refractivity contribution in [2.75, 3.05) is 5.32 Å². The number of primary amides is 1. The highest BCUT2D eigenvalue weighted by Gasteiger charge is 2.07. The summed E-state index contributed by atoms with van der Waals surface area (Å²) in [6.45, 7) is 0.500. The number of hydrogen-bond acceptors (Lipinski definition) is 4. The van der Waals surface area contributed by atoms with Crippen LogP contribution in [0.1, 0.15) is 24.9 Å².